The van der Waals surface area contributed by atoms with Crippen LogP contribution < -0.4 is 10.6 Å². The molecule has 0 saturated heterocycles. The molecule has 148 valence electrons. The number of pyridine rings is 2. The van der Waals surface area contributed by atoms with Crippen LogP contribution in [0.5, 0.6) is 0 Å². The molecule has 7 heteroatoms. The Morgan fingerprint density at radius 2 is 1.67 bits per heavy atom. The Labute approximate surface area is 172 Å². The summed E-state index contributed by atoms with van der Waals surface area (Å²) in [5.74, 6) is -0.731. The average molecular weight is 398 g/mol. The van der Waals surface area contributed by atoms with Gasteiger partial charge in [-0.05, 0) is 48.5 Å². The van der Waals surface area contributed by atoms with Gasteiger partial charge in [0.2, 0.25) is 0 Å². The van der Waals surface area contributed by atoms with Crippen LogP contribution in [-0.2, 0) is 4.74 Å². The van der Waals surface area contributed by atoms with Crippen LogP contribution in [0.25, 0.3) is 10.9 Å². The number of nitrogens with zero attached hydrogens (tertiary/aromatic N) is 2. The first-order chi connectivity index (χ1) is 14.6. The monoisotopic (exact) mass is 398 g/mol. The number of anilines is 3. The SMILES string of the molecule is COC(=O)c1ccc(Nc2ccnc(C(=O)Nc3cccc4cccnc34)c2)cc1. The summed E-state index contributed by atoms with van der Waals surface area (Å²) in [6, 6.07) is 19.6. The minimum absolute atomic E-state index is 0.263. The highest BCUT2D eigenvalue weighted by Crippen LogP contribution is 2.22. The smallest absolute Gasteiger partial charge is 0.337 e. The number of hydrogen-bond donors (Lipinski definition) is 2. The molecular weight excluding hydrogens is 380 g/mol. The molecule has 0 atom stereocenters. The lowest BCUT2D eigenvalue weighted by atomic mass is 10.2. The van der Waals surface area contributed by atoms with E-state index in [0.717, 1.165) is 11.1 Å². The molecule has 0 spiro atoms. The van der Waals surface area contributed by atoms with Crippen LogP contribution in [0.3, 0.4) is 0 Å². The number of para-hydroxylation sites is 1. The fraction of sp³-hybridized carbons (Fsp3) is 0.0435. The molecule has 2 aromatic carbocycles. The van der Waals surface area contributed by atoms with Gasteiger partial charge in [-0.15, -0.1) is 0 Å². The summed E-state index contributed by atoms with van der Waals surface area (Å²) >= 11 is 0. The van der Waals surface area contributed by atoms with Crippen molar-refractivity contribution in [3.63, 3.8) is 0 Å². The van der Waals surface area contributed by atoms with Crippen molar-refractivity contribution in [3.8, 4) is 0 Å². The summed E-state index contributed by atoms with van der Waals surface area (Å²) in [7, 11) is 1.34. The maximum Gasteiger partial charge on any atom is 0.337 e. The summed E-state index contributed by atoms with van der Waals surface area (Å²) < 4.78 is 4.70. The van der Waals surface area contributed by atoms with Crippen LogP contribution in [0.2, 0.25) is 0 Å². The van der Waals surface area contributed by atoms with Gasteiger partial charge in [-0.2, -0.15) is 0 Å². The Balaban J connectivity index is 1.51. The third kappa shape index (κ3) is 4.10. The number of amides is 1. The summed E-state index contributed by atoms with van der Waals surface area (Å²) in [6.45, 7) is 0. The summed E-state index contributed by atoms with van der Waals surface area (Å²) in [6.07, 6.45) is 3.24. The Morgan fingerprint density at radius 1 is 0.867 bits per heavy atom. The molecule has 2 N–H and O–H groups in total. The molecule has 0 radical (unpaired) electrons. The molecular formula is C23H18N4O3. The number of carbonyl (C=O) groups is 2. The van der Waals surface area contributed by atoms with E-state index in [4.69, 9.17) is 4.74 Å². The van der Waals surface area contributed by atoms with Crippen LogP contribution in [0.1, 0.15) is 20.8 Å². The third-order valence-corrected chi connectivity index (χ3v) is 4.47. The molecule has 30 heavy (non-hydrogen) atoms. The van der Waals surface area contributed by atoms with E-state index in [9.17, 15) is 9.59 Å². The number of fused-ring (bicyclic) bond motifs is 1. The van der Waals surface area contributed by atoms with Crippen molar-refractivity contribution in [2.24, 2.45) is 0 Å². The predicted molar refractivity (Wildman–Crippen MR) is 115 cm³/mol. The zero-order valence-electron chi connectivity index (χ0n) is 16.1. The van der Waals surface area contributed by atoms with Gasteiger partial charge in [0.05, 0.1) is 23.9 Å². The number of ether oxygens (including phenoxy) is 1. The van der Waals surface area contributed by atoms with Gasteiger partial charge in [-0.25, -0.2) is 4.79 Å². The highest BCUT2D eigenvalue weighted by Gasteiger charge is 2.11. The molecule has 2 aromatic heterocycles. The minimum atomic E-state index is -0.396. The summed E-state index contributed by atoms with van der Waals surface area (Å²) in [5, 5.41) is 7.01. The number of benzene rings is 2. The van der Waals surface area contributed by atoms with E-state index >= 15 is 0 Å². The third-order valence-electron chi connectivity index (χ3n) is 4.47. The molecule has 0 unspecified atom stereocenters. The second-order valence-electron chi connectivity index (χ2n) is 6.46. The average Bonchev–Trinajstić information content (AvgIpc) is 2.79. The van der Waals surface area contributed by atoms with Gasteiger partial charge in [0.25, 0.3) is 5.91 Å². The van der Waals surface area contributed by atoms with Crippen LogP contribution >= 0.6 is 0 Å². The zero-order chi connectivity index (χ0) is 20.9. The Hall–Kier alpha value is -4.26. The molecule has 0 fully saturated rings. The van der Waals surface area contributed by atoms with Gasteiger partial charge in [0, 0.05) is 29.2 Å². The Kier molecular flexibility index (Phi) is 5.34. The number of carbonyl (C=O) groups excluding carboxylic acids is 2. The largest absolute Gasteiger partial charge is 0.465 e. The molecule has 2 heterocycles. The number of nitrogens with one attached hydrogen (secondary N) is 2. The van der Waals surface area contributed by atoms with Gasteiger partial charge in [0.15, 0.2) is 0 Å². The van der Waals surface area contributed by atoms with E-state index in [2.05, 4.69) is 20.6 Å². The lowest BCUT2D eigenvalue weighted by molar-refractivity contribution is 0.0600. The molecule has 4 rings (SSSR count). The standard InChI is InChI=1S/C23H18N4O3/c1-30-23(29)16-7-9-17(10-8-16)26-18-11-13-24-20(14-18)22(28)27-19-6-2-4-15-5-3-12-25-21(15)19/h2-14H,1H3,(H,24,26)(H,27,28). The summed E-state index contributed by atoms with van der Waals surface area (Å²) in [5.41, 5.74) is 3.51. The fourth-order valence-corrected chi connectivity index (χ4v) is 3.00. The second kappa shape index (κ2) is 8.40. The Bertz CT molecular complexity index is 1220. The van der Waals surface area contributed by atoms with E-state index in [0.29, 0.717) is 22.5 Å². The lowest BCUT2D eigenvalue weighted by Crippen LogP contribution is -2.14. The van der Waals surface area contributed by atoms with Crippen molar-refractivity contribution in [2.45, 2.75) is 0 Å². The number of hydrogen-bond acceptors (Lipinski definition) is 6. The van der Waals surface area contributed by atoms with E-state index in [1.807, 2.05) is 24.3 Å². The van der Waals surface area contributed by atoms with Crippen LogP contribution in [-0.4, -0.2) is 29.0 Å². The predicted octanol–water partition coefficient (Wildman–Crippen LogP) is 4.41. The molecule has 0 aliphatic rings. The number of methoxy groups -OCH3 is 1. The maximum absolute atomic E-state index is 12.7. The van der Waals surface area contributed by atoms with Gasteiger partial charge >= 0.3 is 5.97 Å². The molecule has 4 aromatic rings. The molecule has 1 amide bonds. The topological polar surface area (TPSA) is 93.2 Å². The van der Waals surface area contributed by atoms with Crippen molar-refractivity contribution in [1.82, 2.24) is 9.97 Å². The zero-order valence-corrected chi connectivity index (χ0v) is 16.1. The van der Waals surface area contributed by atoms with Crippen molar-refractivity contribution >= 4 is 39.8 Å². The van der Waals surface area contributed by atoms with Gasteiger partial charge in [-0.1, -0.05) is 18.2 Å². The van der Waals surface area contributed by atoms with Crippen molar-refractivity contribution in [1.29, 1.82) is 0 Å². The van der Waals surface area contributed by atoms with E-state index in [1.165, 1.54) is 7.11 Å². The lowest BCUT2D eigenvalue weighted by Gasteiger charge is -2.10. The highest BCUT2D eigenvalue weighted by atomic mass is 16.5. The maximum atomic E-state index is 12.7. The minimum Gasteiger partial charge on any atom is -0.465 e. The normalized spacial score (nSPS) is 10.4. The van der Waals surface area contributed by atoms with E-state index in [-0.39, 0.29) is 11.6 Å². The summed E-state index contributed by atoms with van der Waals surface area (Å²) in [4.78, 5) is 32.8. The second-order valence-corrected chi connectivity index (χ2v) is 6.46. The van der Waals surface area contributed by atoms with Crippen molar-refractivity contribution in [3.05, 3.63) is 90.4 Å². The number of esters is 1. The van der Waals surface area contributed by atoms with Crippen LogP contribution in [0.4, 0.5) is 17.1 Å². The molecule has 0 bridgehead atoms. The Morgan fingerprint density at radius 3 is 2.47 bits per heavy atom. The number of aromatic nitrogens is 2. The fourth-order valence-electron chi connectivity index (χ4n) is 3.00. The molecule has 0 saturated carbocycles. The van der Waals surface area contributed by atoms with Crippen molar-refractivity contribution < 1.29 is 14.3 Å². The first kappa shape index (κ1) is 19.1. The quantitative estimate of drug-likeness (QED) is 0.484. The molecule has 0 aliphatic heterocycles. The van der Waals surface area contributed by atoms with Crippen LogP contribution in [0.15, 0.2) is 79.1 Å². The highest BCUT2D eigenvalue weighted by molar-refractivity contribution is 6.07. The first-order valence-electron chi connectivity index (χ1n) is 9.20. The van der Waals surface area contributed by atoms with Crippen molar-refractivity contribution in [2.75, 3.05) is 17.7 Å². The first-order valence-corrected chi connectivity index (χ1v) is 9.20. The molecule has 7 nitrogen and oxygen atoms in total. The van der Waals surface area contributed by atoms with Crippen LogP contribution in [0, 0.1) is 0 Å². The number of rotatable bonds is 5. The van der Waals surface area contributed by atoms with E-state index in [1.54, 1.807) is 54.9 Å². The molecule has 0 aliphatic carbocycles. The van der Waals surface area contributed by atoms with Gasteiger partial charge < -0.3 is 15.4 Å². The van der Waals surface area contributed by atoms with E-state index < -0.39 is 5.97 Å². The van der Waals surface area contributed by atoms with Gasteiger partial charge in [-0.3, -0.25) is 14.8 Å². The van der Waals surface area contributed by atoms with Gasteiger partial charge in [0.1, 0.15) is 5.69 Å².